The maximum absolute atomic E-state index is 12.8. The first kappa shape index (κ1) is 16.8. The zero-order valence-corrected chi connectivity index (χ0v) is 14.7. The molecule has 3 rings (SSSR count). The van der Waals surface area contributed by atoms with E-state index < -0.39 is 5.60 Å². The number of likely N-dealkylation sites (N-methyl/N-ethyl adjacent to an activating group) is 1. The minimum Gasteiger partial charge on any atom is -0.466 e. The fourth-order valence-electron chi connectivity index (χ4n) is 3.56. The van der Waals surface area contributed by atoms with Crippen molar-refractivity contribution in [2.24, 2.45) is 0 Å². The summed E-state index contributed by atoms with van der Waals surface area (Å²) in [5, 5.41) is 3.05. The predicted octanol–water partition coefficient (Wildman–Crippen LogP) is 2.95. The van der Waals surface area contributed by atoms with Gasteiger partial charge in [0.05, 0.1) is 5.69 Å². The summed E-state index contributed by atoms with van der Waals surface area (Å²) in [6.07, 6.45) is 6.63. The monoisotopic (exact) mass is 330 g/mol. The summed E-state index contributed by atoms with van der Waals surface area (Å²) in [6.45, 7) is 3.53. The van der Waals surface area contributed by atoms with Gasteiger partial charge in [0, 0.05) is 13.1 Å². The Labute approximate surface area is 143 Å². The summed E-state index contributed by atoms with van der Waals surface area (Å²) in [7, 11) is 1.69. The third-order valence-electron chi connectivity index (χ3n) is 5.13. The second-order valence-electron chi connectivity index (χ2n) is 7.13. The van der Waals surface area contributed by atoms with E-state index in [2.05, 4.69) is 5.32 Å². The highest BCUT2D eigenvalue weighted by Crippen LogP contribution is 2.37. The molecule has 1 atom stereocenters. The molecule has 0 radical (unpaired) electrons. The number of carbonyl (C=O) groups excluding carboxylic acids is 2. The molecule has 1 unspecified atom stereocenters. The lowest BCUT2D eigenvalue weighted by molar-refractivity contribution is -0.148. The summed E-state index contributed by atoms with van der Waals surface area (Å²) in [5.41, 5.74) is 0.242. The number of carbonyl (C=O) groups is 2. The van der Waals surface area contributed by atoms with Gasteiger partial charge in [0.1, 0.15) is 5.75 Å². The molecule has 130 valence electrons. The largest absolute Gasteiger partial charge is 0.466 e. The molecule has 1 N–H and O–H groups in total. The van der Waals surface area contributed by atoms with E-state index in [0.29, 0.717) is 11.4 Å². The minimum absolute atomic E-state index is 0.137. The van der Waals surface area contributed by atoms with Crippen molar-refractivity contribution in [2.75, 3.05) is 11.9 Å². The van der Waals surface area contributed by atoms with Crippen molar-refractivity contribution in [3.05, 3.63) is 23.8 Å². The van der Waals surface area contributed by atoms with Gasteiger partial charge in [-0.05, 0) is 44.4 Å². The Hall–Kier alpha value is -2.04. The third kappa shape index (κ3) is 2.99. The van der Waals surface area contributed by atoms with Crippen molar-refractivity contribution in [3.8, 4) is 5.75 Å². The van der Waals surface area contributed by atoms with Gasteiger partial charge in [-0.15, -0.1) is 0 Å². The fraction of sp³-hybridized carbons (Fsp3) is 0.579. The fourth-order valence-corrected chi connectivity index (χ4v) is 3.56. The van der Waals surface area contributed by atoms with Gasteiger partial charge in [-0.25, -0.2) is 0 Å². The van der Waals surface area contributed by atoms with Crippen molar-refractivity contribution in [1.82, 2.24) is 5.32 Å². The van der Waals surface area contributed by atoms with E-state index in [1.54, 1.807) is 14.0 Å². The number of amides is 2. The highest BCUT2D eigenvalue weighted by Gasteiger charge is 2.50. The normalized spacial score (nSPS) is 24.8. The first-order valence-electron chi connectivity index (χ1n) is 8.80. The van der Waals surface area contributed by atoms with Crippen LogP contribution in [0.3, 0.4) is 0 Å². The lowest BCUT2D eigenvalue weighted by atomic mass is 9.98. The molecule has 0 aromatic heterocycles. The Morgan fingerprint density at radius 3 is 2.58 bits per heavy atom. The molecule has 5 nitrogen and oxygen atoms in total. The number of hydrogen-bond acceptors (Lipinski definition) is 3. The number of fused-ring (bicyclic) bond motifs is 1. The summed E-state index contributed by atoms with van der Waals surface area (Å²) in [6, 6.07) is 5.78. The molecule has 1 fully saturated rings. The number of ether oxygens (including phenoxy) is 1. The van der Waals surface area contributed by atoms with Crippen LogP contribution in [0, 0.1) is 6.92 Å². The van der Waals surface area contributed by atoms with Crippen molar-refractivity contribution >= 4 is 17.5 Å². The molecule has 5 heteroatoms. The van der Waals surface area contributed by atoms with Crippen LogP contribution in [-0.4, -0.2) is 30.5 Å². The average molecular weight is 330 g/mol. The van der Waals surface area contributed by atoms with E-state index in [1.807, 2.05) is 25.1 Å². The maximum Gasteiger partial charge on any atom is 0.280 e. The molecule has 2 aliphatic rings. The van der Waals surface area contributed by atoms with Crippen LogP contribution in [0.2, 0.25) is 0 Å². The Kier molecular flexibility index (Phi) is 4.52. The Morgan fingerprint density at radius 2 is 1.92 bits per heavy atom. The molecule has 1 aromatic carbocycles. The van der Waals surface area contributed by atoms with E-state index in [1.165, 1.54) is 17.7 Å². The number of rotatable bonds is 2. The van der Waals surface area contributed by atoms with Crippen LogP contribution in [0.1, 0.15) is 51.0 Å². The van der Waals surface area contributed by atoms with Crippen molar-refractivity contribution < 1.29 is 14.3 Å². The van der Waals surface area contributed by atoms with Crippen LogP contribution in [0.4, 0.5) is 5.69 Å². The van der Waals surface area contributed by atoms with Crippen LogP contribution in [0.15, 0.2) is 18.2 Å². The van der Waals surface area contributed by atoms with Gasteiger partial charge in [-0.1, -0.05) is 31.7 Å². The van der Waals surface area contributed by atoms with E-state index in [9.17, 15) is 9.59 Å². The number of benzene rings is 1. The smallest absolute Gasteiger partial charge is 0.280 e. The molecular formula is C19H26N2O3. The van der Waals surface area contributed by atoms with E-state index >= 15 is 0 Å². The average Bonchev–Trinajstić information content (AvgIpc) is 2.82. The van der Waals surface area contributed by atoms with Crippen molar-refractivity contribution in [1.29, 1.82) is 0 Å². The number of anilines is 1. The molecule has 0 spiro atoms. The van der Waals surface area contributed by atoms with Gasteiger partial charge in [-0.2, -0.15) is 0 Å². The van der Waals surface area contributed by atoms with Gasteiger partial charge in [0.2, 0.25) is 0 Å². The second-order valence-corrected chi connectivity index (χ2v) is 7.13. The molecule has 1 aliphatic heterocycles. The number of nitrogens with one attached hydrogen (secondary N) is 1. The second kappa shape index (κ2) is 6.46. The first-order chi connectivity index (χ1) is 11.4. The number of nitrogens with zero attached hydrogens (tertiary/aromatic N) is 1. The predicted molar refractivity (Wildman–Crippen MR) is 93.3 cm³/mol. The van der Waals surface area contributed by atoms with Gasteiger partial charge in [-0.3, -0.25) is 9.59 Å². The topological polar surface area (TPSA) is 58.6 Å². The van der Waals surface area contributed by atoms with Crippen molar-refractivity contribution in [2.45, 2.75) is 64.0 Å². The van der Waals surface area contributed by atoms with Crippen molar-refractivity contribution in [3.63, 3.8) is 0 Å². The molecule has 1 aliphatic carbocycles. The van der Waals surface area contributed by atoms with Crippen LogP contribution >= 0.6 is 0 Å². The summed E-state index contributed by atoms with van der Waals surface area (Å²) in [5.74, 6) is -0.0922. The van der Waals surface area contributed by atoms with Gasteiger partial charge in [0.15, 0.2) is 0 Å². The molecule has 1 saturated carbocycles. The van der Waals surface area contributed by atoms with Crippen LogP contribution in [0.5, 0.6) is 5.75 Å². The van der Waals surface area contributed by atoms with Gasteiger partial charge >= 0.3 is 0 Å². The zero-order valence-electron chi connectivity index (χ0n) is 14.7. The highest BCUT2D eigenvalue weighted by atomic mass is 16.5. The standard InChI is InChI=1S/C19H26N2O3/c1-13-10-11-16-15(12-13)21(3)18(23)19(2,24-16)17(22)20-14-8-6-4-5-7-9-14/h10-12,14H,4-9H2,1-3H3,(H,20,22). The summed E-state index contributed by atoms with van der Waals surface area (Å²) < 4.78 is 5.89. The summed E-state index contributed by atoms with van der Waals surface area (Å²) >= 11 is 0. The Balaban J connectivity index is 1.82. The Bertz CT molecular complexity index is 650. The van der Waals surface area contributed by atoms with Crippen LogP contribution in [-0.2, 0) is 9.59 Å². The molecule has 0 bridgehead atoms. The molecular weight excluding hydrogens is 304 g/mol. The molecule has 0 saturated heterocycles. The minimum atomic E-state index is -1.51. The van der Waals surface area contributed by atoms with Gasteiger partial charge in [0.25, 0.3) is 17.4 Å². The van der Waals surface area contributed by atoms with E-state index in [0.717, 1.165) is 31.2 Å². The maximum atomic E-state index is 12.8. The Morgan fingerprint density at radius 1 is 1.25 bits per heavy atom. The van der Waals surface area contributed by atoms with E-state index in [-0.39, 0.29) is 17.9 Å². The van der Waals surface area contributed by atoms with Gasteiger partial charge < -0.3 is 15.0 Å². The van der Waals surface area contributed by atoms with E-state index in [4.69, 9.17) is 4.74 Å². The third-order valence-corrected chi connectivity index (χ3v) is 5.13. The zero-order chi connectivity index (χ0) is 17.3. The molecule has 1 aromatic rings. The lowest BCUT2D eigenvalue weighted by Crippen LogP contribution is -2.62. The molecule has 1 heterocycles. The number of hydrogen-bond donors (Lipinski definition) is 1. The lowest BCUT2D eigenvalue weighted by Gasteiger charge is -2.38. The van der Waals surface area contributed by atoms with Crippen LogP contribution < -0.4 is 15.0 Å². The highest BCUT2D eigenvalue weighted by molar-refractivity contribution is 6.16. The quantitative estimate of drug-likeness (QED) is 0.670. The number of aryl methyl sites for hydroxylation is 1. The molecule has 2 amide bonds. The molecule has 24 heavy (non-hydrogen) atoms. The summed E-state index contributed by atoms with van der Waals surface area (Å²) in [4.78, 5) is 27.2. The van der Waals surface area contributed by atoms with Crippen LogP contribution in [0.25, 0.3) is 0 Å². The SMILES string of the molecule is Cc1ccc2c(c1)N(C)C(=O)C(C)(C(=O)NC1CCCCCC1)O2. The first-order valence-corrected chi connectivity index (χ1v) is 8.80.